The number of hydrogen-bond donors (Lipinski definition) is 2. The van der Waals surface area contributed by atoms with Crippen molar-refractivity contribution in [3.8, 4) is 5.75 Å². The Morgan fingerprint density at radius 2 is 1.74 bits per heavy atom. The van der Waals surface area contributed by atoms with Gasteiger partial charge in [0.1, 0.15) is 5.75 Å². The van der Waals surface area contributed by atoms with Crippen LogP contribution in [0, 0.1) is 13.8 Å². The maximum atomic E-state index is 5.62. The van der Waals surface area contributed by atoms with E-state index in [2.05, 4.69) is 59.7 Å². The topological polar surface area (TPSA) is 36.5 Å². The number of para-hydroxylation sites is 2. The third kappa shape index (κ3) is 4.79. The predicted molar refractivity (Wildman–Crippen MR) is 117 cm³/mol. The Balaban J connectivity index is 1.72. The molecule has 5 heteroatoms. The molecule has 0 aliphatic carbocycles. The van der Waals surface area contributed by atoms with Crippen molar-refractivity contribution in [2.45, 2.75) is 32.7 Å². The zero-order valence-corrected chi connectivity index (χ0v) is 17.2. The lowest BCUT2D eigenvalue weighted by atomic mass is 10.0. The minimum absolute atomic E-state index is 0.237. The first-order valence-corrected chi connectivity index (χ1v) is 9.99. The molecule has 0 saturated carbocycles. The summed E-state index contributed by atoms with van der Waals surface area (Å²) in [6, 6.07) is 14.8. The maximum absolute atomic E-state index is 5.62. The van der Waals surface area contributed by atoms with Gasteiger partial charge in [0.2, 0.25) is 0 Å². The lowest BCUT2D eigenvalue weighted by molar-refractivity contribution is 0.240. The van der Waals surface area contributed by atoms with E-state index in [9.17, 15) is 0 Å². The van der Waals surface area contributed by atoms with Gasteiger partial charge in [-0.2, -0.15) is 0 Å². The van der Waals surface area contributed by atoms with Crippen molar-refractivity contribution in [3.05, 3.63) is 59.2 Å². The van der Waals surface area contributed by atoms with Crippen LogP contribution in [0.15, 0.2) is 42.5 Å². The van der Waals surface area contributed by atoms with Crippen LogP contribution < -0.4 is 15.4 Å². The van der Waals surface area contributed by atoms with Crippen molar-refractivity contribution < 1.29 is 4.74 Å². The molecule has 0 bridgehead atoms. The van der Waals surface area contributed by atoms with E-state index in [0.717, 1.165) is 31.1 Å². The van der Waals surface area contributed by atoms with E-state index in [-0.39, 0.29) is 6.04 Å². The highest BCUT2D eigenvalue weighted by Gasteiger charge is 2.26. The fourth-order valence-corrected chi connectivity index (χ4v) is 3.97. The molecule has 0 amide bonds. The van der Waals surface area contributed by atoms with Crippen LogP contribution in [0.4, 0.5) is 5.69 Å². The van der Waals surface area contributed by atoms with Gasteiger partial charge in [0.15, 0.2) is 5.11 Å². The van der Waals surface area contributed by atoms with Crippen molar-refractivity contribution in [3.63, 3.8) is 0 Å². The molecule has 27 heavy (non-hydrogen) atoms. The van der Waals surface area contributed by atoms with Crippen LogP contribution in [-0.4, -0.2) is 36.8 Å². The summed E-state index contributed by atoms with van der Waals surface area (Å²) < 4.78 is 5.62. The molecule has 2 N–H and O–H groups in total. The number of nitrogens with one attached hydrogen (secondary N) is 2. The zero-order chi connectivity index (χ0) is 19.2. The summed E-state index contributed by atoms with van der Waals surface area (Å²) >= 11 is 5.59. The second kappa shape index (κ2) is 9.20. The molecule has 0 aromatic heterocycles. The lowest BCUT2D eigenvalue weighted by Gasteiger charge is -2.30. The molecule has 1 fully saturated rings. The second-order valence-electron chi connectivity index (χ2n) is 7.10. The standard InChI is InChI=1S/C22H29N3OS/c1-16-9-8-10-17(2)21(16)24-22(27)23-15-19(25-13-6-7-14-25)18-11-4-5-12-20(18)26-3/h4-5,8-12,19H,6-7,13-15H2,1-3H3,(H2,23,24,27). The third-order valence-electron chi connectivity index (χ3n) is 5.25. The van der Waals surface area contributed by atoms with Gasteiger partial charge in [0.25, 0.3) is 0 Å². The predicted octanol–water partition coefficient (Wildman–Crippen LogP) is 4.44. The van der Waals surface area contributed by atoms with E-state index < -0.39 is 0 Å². The van der Waals surface area contributed by atoms with Crippen molar-refractivity contribution in [2.24, 2.45) is 0 Å². The minimum atomic E-state index is 0.237. The molecular formula is C22H29N3OS. The van der Waals surface area contributed by atoms with Crippen LogP contribution >= 0.6 is 12.2 Å². The van der Waals surface area contributed by atoms with Crippen molar-refractivity contribution >= 4 is 23.0 Å². The third-order valence-corrected chi connectivity index (χ3v) is 5.50. The van der Waals surface area contributed by atoms with Crippen LogP contribution in [0.2, 0.25) is 0 Å². The van der Waals surface area contributed by atoms with E-state index in [4.69, 9.17) is 17.0 Å². The number of methoxy groups -OCH3 is 1. The Kier molecular flexibility index (Phi) is 6.69. The van der Waals surface area contributed by atoms with Gasteiger partial charge >= 0.3 is 0 Å². The summed E-state index contributed by atoms with van der Waals surface area (Å²) in [5.74, 6) is 0.935. The Hall–Kier alpha value is -2.11. The normalized spacial score (nSPS) is 15.4. The lowest BCUT2D eigenvalue weighted by Crippen LogP contribution is -2.38. The van der Waals surface area contributed by atoms with Gasteiger partial charge in [-0.3, -0.25) is 4.90 Å². The SMILES string of the molecule is COc1ccccc1C(CNC(=S)Nc1c(C)cccc1C)N1CCCC1. The molecule has 1 aliphatic rings. The molecule has 1 unspecified atom stereocenters. The van der Waals surface area contributed by atoms with Gasteiger partial charge < -0.3 is 15.4 Å². The van der Waals surface area contributed by atoms with Crippen molar-refractivity contribution in [1.29, 1.82) is 0 Å². The molecule has 1 heterocycles. The van der Waals surface area contributed by atoms with Crippen LogP contribution in [-0.2, 0) is 0 Å². The number of nitrogens with zero attached hydrogens (tertiary/aromatic N) is 1. The Morgan fingerprint density at radius 1 is 1.07 bits per heavy atom. The van der Waals surface area contributed by atoms with E-state index in [0.29, 0.717) is 5.11 Å². The quantitative estimate of drug-likeness (QED) is 0.722. The fraction of sp³-hybridized carbons (Fsp3) is 0.409. The molecule has 3 rings (SSSR count). The van der Waals surface area contributed by atoms with E-state index in [1.807, 2.05) is 12.1 Å². The molecule has 4 nitrogen and oxygen atoms in total. The van der Waals surface area contributed by atoms with Crippen molar-refractivity contribution in [2.75, 3.05) is 32.1 Å². The Bertz CT molecular complexity index is 767. The summed E-state index contributed by atoms with van der Waals surface area (Å²) in [6.45, 7) is 7.17. The number of rotatable bonds is 6. The zero-order valence-electron chi connectivity index (χ0n) is 16.4. The maximum Gasteiger partial charge on any atom is 0.170 e. The summed E-state index contributed by atoms with van der Waals surface area (Å²) in [6.07, 6.45) is 2.49. The number of benzene rings is 2. The smallest absolute Gasteiger partial charge is 0.170 e. The molecule has 144 valence electrons. The van der Waals surface area contributed by atoms with Gasteiger partial charge in [-0.05, 0) is 69.2 Å². The van der Waals surface area contributed by atoms with Crippen molar-refractivity contribution in [1.82, 2.24) is 10.2 Å². The van der Waals surface area contributed by atoms with Crippen LogP contribution in [0.5, 0.6) is 5.75 Å². The summed E-state index contributed by atoms with van der Waals surface area (Å²) in [7, 11) is 1.74. The average Bonchev–Trinajstić information content (AvgIpc) is 3.20. The second-order valence-corrected chi connectivity index (χ2v) is 7.51. The Morgan fingerprint density at radius 3 is 2.41 bits per heavy atom. The molecule has 1 atom stereocenters. The molecule has 1 aliphatic heterocycles. The molecule has 2 aromatic rings. The molecule has 0 spiro atoms. The highest BCUT2D eigenvalue weighted by atomic mass is 32.1. The molecular weight excluding hydrogens is 354 g/mol. The van der Waals surface area contributed by atoms with Gasteiger partial charge in [-0.25, -0.2) is 0 Å². The number of anilines is 1. The molecule has 0 radical (unpaired) electrons. The van der Waals surface area contributed by atoms with Crippen LogP contribution in [0.3, 0.4) is 0 Å². The van der Waals surface area contributed by atoms with Crippen LogP contribution in [0.25, 0.3) is 0 Å². The highest BCUT2D eigenvalue weighted by Crippen LogP contribution is 2.31. The number of likely N-dealkylation sites (tertiary alicyclic amines) is 1. The number of thiocarbonyl (C=S) groups is 1. The van der Waals surface area contributed by atoms with Gasteiger partial charge in [0.05, 0.1) is 13.2 Å². The average molecular weight is 384 g/mol. The number of hydrogen-bond acceptors (Lipinski definition) is 3. The first kappa shape index (κ1) is 19.6. The minimum Gasteiger partial charge on any atom is -0.496 e. The number of aryl methyl sites for hydroxylation is 2. The summed E-state index contributed by atoms with van der Waals surface area (Å²) in [5, 5.41) is 7.47. The monoisotopic (exact) mass is 383 g/mol. The van der Waals surface area contributed by atoms with E-state index in [1.54, 1.807) is 7.11 Å². The fourth-order valence-electron chi connectivity index (χ4n) is 3.79. The largest absolute Gasteiger partial charge is 0.496 e. The first-order chi connectivity index (χ1) is 13.1. The van der Waals surface area contributed by atoms with E-state index in [1.165, 1.54) is 29.5 Å². The summed E-state index contributed by atoms with van der Waals surface area (Å²) in [5.41, 5.74) is 4.69. The van der Waals surface area contributed by atoms with Crippen LogP contribution in [0.1, 0.15) is 35.6 Å². The van der Waals surface area contributed by atoms with Gasteiger partial charge in [-0.15, -0.1) is 0 Å². The molecule has 1 saturated heterocycles. The van der Waals surface area contributed by atoms with E-state index >= 15 is 0 Å². The van der Waals surface area contributed by atoms with Gasteiger partial charge in [-0.1, -0.05) is 36.4 Å². The highest BCUT2D eigenvalue weighted by molar-refractivity contribution is 7.80. The first-order valence-electron chi connectivity index (χ1n) is 9.58. The van der Waals surface area contributed by atoms with Gasteiger partial charge in [0, 0.05) is 17.8 Å². The number of ether oxygens (including phenoxy) is 1. The Labute approximate surface area is 167 Å². The summed E-state index contributed by atoms with van der Waals surface area (Å²) in [4.78, 5) is 2.52. The molecule has 2 aromatic carbocycles.